The van der Waals surface area contributed by atoms with Gasteiger partial charge in [0.05, 0.1) is 12.7 Å². The summed E-state index contributed by atoms with van der Waals surface area (Å²) in [7, 11) is 1.66. The molecule has 6 heteroatoms. The van der Waals surface area contributed by atoms with Crippen LogP contribution in [0.2, 0.25) is 0 Å². The predicted molar refractivity (Wildman–Crippen MR) is 98.3 cm³/mol. The summed E-state index contributed by atoms with van der Waals surface area (Å²) in [6, 6.07) is 12.1. The van der Waals surface area contributed by atoms with Crippen LogP contribution in [0.3, 0.4) is 0 Å². The fraction of sp³-hybridized carbons (Fsp3) is 0.316. The molecule has 1 aliphatic rings. The van der Waals surface area contributed by atoms with Gasteiger partial charge in [-0.2, -0.15) is 0 Å². The number of nitrogens with zero attached hydrogens (tertiary/aromatic N) is 2. The number of ether oxygens (including phenoxy) is 1. The Bertz CT molecular complexity index is 761. The molecule has 4 nitrogen and oxygen atoms in total. The van der Waals surface area contributed by atoms with Gasteiger partial charge in [-0.25, -0.2) is 4.39 Å². The third kappa shape index (κ3) is 4.19. The largest absolute Gasteiger partial charge is 0.496 e. The normalized spacial score (nSPS) is 15.2. The van der Waals surface area contributed by atoms with E-state index in [1.54, 1.807) is 24.1 Å². The zero-order chi connectivity index (χ0) is 17.8. The first-order chi connectivity index (χ1) is 12.1. The predicted octanol–water partition coefficient (Wildman–Crippen LogP) is 3.55. The van der Waals surface area contributed by atoms with Crippen LogP contribution in [0.4, 0.5) is 4.39 Å². The molecule has 1 aliphatic heterocycles. The minimum absolute atomic E-state index is 0.143. The molecule has 0 radical (unpaired) electrons. The van der Waals surface area contributed by atoms with Crippen LogP contribution in [0, 0.1) is 5.82 Å². The molecular weight excluding hydrogens is 387 g/mol. The molecule has 0 aliphatic carbocycles. The quantitative estimate of drug-likeness (QED) is 0.777. The Kier molecular flexibility index (Phi) is 5.71. The first kappa shape index (κ1) is 17.9. The molecule has 2 aromatic rings. The monoisotopic (exact) mass is 406 g/mol. The molecule has 1 heterocycles. The highest BCUT2D eigenvalue weighted by Crippen LogP contribution is 2.25. The molecule has 1 amide bonds. The first-order valence-corrected chi connectivity index (χ1v) is 8.96. The lowest BCUT2D eigenvalue weighted by Crippen LogP contribution is -2.48. The fourth-order valence-corrected chi connectivity index (χ4v) is 3.43. The van der Waals surface area contributed by atoms with Crippen LogP contribution < -0.4 is 4.74 Å². The van der Waals surface area contributed by atoms with E-state index in [0.29, 0.717) is 13.1 Å². The standard InChI is InChI=1S/C19H20BrFN2O2/c1-25-18-7-6-15(20)12-14(18)13-22-8-10-23(11-9-22)19(24)16-4-2-3-5-17(16)21/h2-7,12H,8-11,13H2,1H3. The zero-order valence-corrected chi connectivity index (χ0v) is 15.6. The molecule has 132 valence electrons. The average molecular weight is 407 g/mol. The fourth-order valence-electron chi connectivity index (χ4n) is 3.03. The summed E-state index contributed by atoms with van der Waals surface area (Å²) in [6.45, 7) is 3.42. The van der Waals surface area contributed by atoms with Crippen LogP contribution in [0.25, 0.3) is 0 Å². The topological polar surface area (TPSA) is 32.8 Å². The van der Waals surface area contributed by atoms with E-state index >= 15 is 0 Å². The average Bonchev–Trinajstić information content (AvgIpc) is 2.62. The SMILES string of the molecule is COc1ccc(Br)cc1CN1CCN(C(=O)c2ccccc2F)CC1. The Labute approximate surface area is 155 Å². The molecule has 0 N–H and O–H groups in total. The van der Waals surface area contributed by atoms with Gasteiger partial charge in [0, 0.05) is 42.8 Å². The van der Waals surface area contributed by atoms with Gasteiger partial charge in [0.25, 0.3) is 5.91 Å². The van der Waals surface area contributed by atoms with Gasteiger partial charge < -0.3 is 9.64 Å². The molecule has 2 aromatic carbocycles. The molecule has 0 spiro atoms. The van der Waals surface area contributed by atoms with Crippen LogP contribution in [0.1, 0.15) is 15.9 Å². The van der Waals surface area contributed by atoms with Crippen molar-refractivity contribution in [3.8, 4) is 5.75 Å². The van der Waals surface area contributed by atoms with Crippen molar-refractivity contribution in [3.05, 3.63) is 63.9 Å². The smallest absolute Gasteiger partial charge is 0.256 e. The van der Waals surface area contributed by atoms with Crippen molar-refractivity contribution in [1.29, 1.82) is 0 Å². The van der Waals surface area contributed by atoms with Crippen molar-refractivity contribution in [3.63, 3.8) is 0 Å². The van der Waals surface area contributed by atoms with E-state index in [2.05, 4.69) is 26.9 Å². The van der Waals surface area contributed by atoms with E-state index in [4.69, 9.17) is 4.74 Å². The molecule has 0 bridgehead atoms. The molecule has 0 unspecified atom stereocenters. The summed E-state index contributed by atoms with van der Waals surface area (Å²) in [5, 5.41) is 0. The van der Waals surface area contributed by atoms with Crippen LogP contribution in [-0.4, -0.2) is 49.0 Å². The number of amides is 1. The van der Waals surface area contributed by atoms with Gasteiger partial charge in [-0.05, 0) is 30.3 Å². The molecule has 1 saturated heterocycles. The van der Waals surface area contributed by atoms with Crippen LogP contribution in [0.5, 0.6) is 5.75 Å². The van der Waals surface area contributed by atoms with Crippen LogP contribution >= 0.6 is 15.9 Å². The molecule has 0 saturated carbocycles. The summed E-state index contributed by atoms with van der Waals surface area (Å²) in [6.07, 6.45) is 0. The van der Waals surface area contributed by atoms with Gasteiger partial charge in [0.15, 0.2) is 0 Å². The maximum absolute atomic E-state index is 13.8. The molecule has 0 atom stereocenters. The van der Waals surface area contributed by atoms with Crippen molar-refractivity contribution < 1.29 is 13.9 Å². The van der Waals surface area contributed by atoms with E-state index < -0.39 is 5.82 Å². The van der Waals surface area contributed by atoms with Gasteiger partial charge in [-0.3, -0.25) is 9.69 Å². The molecule has 3 rings (SSSR count). The van der Waals surface area contributed by atoms with Gasteiger partial charge in [-0.15, -0.1) is 0 Å². The summed E-state index contributed by atoms with van der Waals surface area (Å²) in [5.41, 5.74) is 1.25. The van der Waals surface area contributed by atoms with Crippen molar-refractivity contribution in [1.82, 2.24) is 9.80 Å². The molecule has 1 fully saturated rings. The minimum Gasteiger partial charge on any atom is -0.496 e. The number of methoxy groups -OCH3 is 1. The van der Waals surface area contributed by atoms with Crippen LogP contribution in [0.15, 0.2) is 46.9 Å². The van der Waals surface area contributed by atoms with Crippen molar-refractivity contribution in [2.75, 3.05) is 33.3 Å². The highest BCUT2D eigenvalue weighted by atomic mass is 79.9. The number of carbonyl (C=O) groups is 1. The number of hydrogen-bond acceptors (Lipinski definition) is 3. The molecule has 0 aromatic heterocycles. The maximum Gasteiger partial charge on any atom is 0.256 e. The Balaban J connectivity index is 1.62. The minimum atomic E-state index is -0.464. The Morgan fingerprint density at radius 2 is 1.88 bits per heavy atom. The van der Waals surface area contributed by atoms with Crippen molar-refractivity contribution in [2.45, 2.75) is 6.54 Å². The van der Waals surface area contributed by atoms with Gasteiger partial charge in [-0.1, -0.05) is 28.1 Å². The highest BCUT2D eigenvalue weighted by Gasteiger charge is 2.24. The number of piperazine rings is 1. The molecule has 25 heavy (non-hydrogen) atoms. The van der Waals surface area contributed by atoms with E-state index in [0.717, 1.165) is 35.4 Å². The van der Waals surface area contributed by atoms with Gasteiger partial charge >= 0.3 is 0 Å². The lowest BCUT2D eigenvalue weighted by molar-refractivity contribution is 0.0623. The zero-order valence-electron chi connectivity index (χ0n) is 14.0. The molecular formula is C19H20BrFN2O2. The Hall–Kier alpha value is -1.92. The van der Waals surface area contributed by atoms with E-state index in [1.165, 1.54) is 12.1 Å². The van der Waals surface area contributed by atoms with Crippen molar-refractivity contribution >= 4 is 21.8 Å². The summed E-state index contributed by atoms with van der Waals surface area (Å²) >= 11 is 3.49. The number of hydrogen-bond donors (Lipinski definition) is 0. The van der Waals surface area contributed by atoms with Gasteiger partial charge in [0.1, 0.15) is 11.6 Å². The second-order valence-corrected chi connectivity index (χ2v) is 6.92. The summed E-state index contributed by atoms with van der Waals surface area (Å²) < 4.78 is 20.2. The van der Waals surface area contributed by atoms with Gasteiger partial charge in [0.2, 0.25) is 0 Å². The Morgan fingerprint density at radius 3 is 2.56 bits per heavy atom. The number of halogens is 2. The number of benzene rings is 2. The lowest BCUT2D eigenvalue weighted by atomic mass is 10.1. The van der Waals surface area contributed by atoms with E-state index in [9.17, 15) is 9.18 Å². The Morgan fingerprint density at radius 1 is 1.16 bits per heavy atom. The second-order valence-electron chi connectivity index (χ2n) is 6.00. The van der Waals surface area contributed by atoms with Crippen molar-refractivity contribution in [2.24, 2.45) is 0 Å². The van der Waals surface area contributed by atoms with E-state index in [-0.39, 0.29) is 11.5 Å². The summed E-state index contributed by atoms with van der Waals surface area (Å²) in [4.78, 5) is 16.5. The third-order valence-electron chi connectivity index (χ3n) is 4.40. The number of carbonyl (C=O) groups excluding carboxylic acids is 1. The first-order valence-electron chi connectivity index (χ1n) is 8.17. The summed E-state index contributed by atoms with van der Waals surface area (Å²) in [5.74, 6) is 0.152. The second kappa shape index (κ2) is 7.97. The maximum atomic E-state index is 13.8. The lowest BCUT2D eigenvalue weighted by Gasteiger charge is -2.35. The highest BCUT2D eigenvalue weighted by molar-refractivity contribution is 9.10. The van der Waals surface area contributed by atoms with E-state index in [1.807, 2.05) is 12.1 Å². The third-order valence-corrected chi connectivity index (χ3v) is 4.89. The van der Waals surface area contributed by atoms with Crippen LogP contribution in [-0.2, 0) is 6.54 Å². The number of rotatable bonds is 4.